The Kier molecular flexibility index (Phi) is 4.56. The van der Waals surface area contributed by atoms with Crippen molar-refractivity contribution in [1.82, 2.24) is 15.5 Å². The summed E-state index contributed by atoms with van der Waals surface area (Å²) in [6.07, 6.45) is 3.28. The standard InChI is InChI=1S/C17H25N3O/c1-13(17(21)19-16-7-4-9-18-11-16)20-10-8-14-5-2-3-6-15(14)12-20/h2-3,5-6,13,16,18H,4,7-12H2,1H3,(H,19,21)/t13?,16-/m0/s1. The molecule has 21 heavy (non-hydrogen) atoms. The van der Waals surface area contributed by atoms with Gasteiger partial charge in [0.05, 0.1) is 6.04 Å². The van der Waals surface area contributed by atoms with E-state index in [1.807, 2.05) is 6.92 Å². The smallest absolute Gasteiger partial charge is 0.237 e. The minimum atomic E-state index is -0.0553. The van der Waals surface area contributed by atoms with Crippen LogP contribution >= 0.6 is 0 Å². The van der Waals surface area contributed by atoms with Crippen LogP contribution in [0.25, 0.3) is 0 Å². The van der Waals surface area contributed by atoms with Crippen molar-refractivity contribution in [2.75, 3.05) is 19.6 Å². The molecule has 0 radical (unpaired) electrons. The summed E-state index contributed by atoms with van der Waals surface area (Å²) in [6.45, 7) is 5.86. The first-order valence-corrected chi connectivity index (χ1v) is 8.06. The number of carbonyl (C=O) groups excluding carboxylic acids is 1. The SMILES string of the molecule is CC(C(=O)N[C@H]1CCCNC1)N1CCc2ccccc2C1. The van der Waals surface area contributed by atoms with Gasteiger partial charge in [-0.25, -0.2) is 0 Å². The number of hydrogen-bond acceptors (Lipinski definition) is 3. The molecule has 0 bridgehead atoms. The second kappa shape index (κ2) is 6.58. The first-order valence-electron chi connectivity index (χ1n) is 8.06. The maximum absolute atomic E-state index is 12.4. The van der Waals surface area contributed by atoms with Gasteiger partial charge >= 0.3 is 0 Å². The number of piperidine rings is 1. The van der Waals surface area contributed by atoms with Gasteiger partial charge < -0.3 is 10.6 Å². The normalized spacial score (nSPS) is 24.1. The third-order valence-corrected chi connectivity index (χ3v) is 4.73. The van der Waals surface area contributed by atoms with Crippen molar-refractivity contribution in [1.29, 1.82) is 0 Å². The molecule has 1 fully saturated rings. The minimum Gasteiger partial charge on any atom is -0.351 e. The molecule has 2 aliphatic rings. The van der Waals surface area contributed by atoms with Gasteiger partial charge in [-0.1, -0.05) is 24.3 Å². The third kappa shape index (κ3) is 3.44. The lowest BCUT2D eigenvalue weighted by Crippen LogP contribution is -2.52. The zero-order valence-corrected chi connectivity index (χ0v) is 12.8. The van der Waals surface area contributed by atoms with E-state index in [-0.39, 0.29) is 11.9 Å². The van der Waals surface area contributed by atoms with Gasteiger partial charge in [-0.3, -0.25) is 9.69 Å². The molecule has 1 aromatic rings. The number of amides is 1. The van der Waals surface area contributed by atoms with Crippen molar-refractivity contribution in [3.8, 4) is 0 Å². The zero-order valence-electron chi connectivity index (χ0n) is 12.8. The molecule has 4 nitrogen and oxygen atoms in total. The highest BCUT2D eigenvalue weighted by molar-refractivity contribution is 5.81. The van der Waals surface area contributed by atoms with Crippen LogP contribution in [-0.2, 0) is 17.8 Å². The monoisotopic (exact) mass is 287 g/mol. The van der Waals surface area contributed by atoms with Crippen molar-refractivity contribution < 1.29 is 4.79 Å². The highest BCUT2D eigenvalue weighted by Crippen LogP contribution is 2.20. The van der Waals surface area contributed by atoms with Crippen LogP contribution in [0.3, 0.4) is 0 Å². The fourth-order valence-corrected chi connectivity index (χ4v) is 3.31. The molecule has 1 aromatic carbocycles. The van der Waals surface area contributed by atoms with Gasteiger partial charge in [0.15, 0.2) is 0 Å². The number of nitrogens with one attached hydrogen (secondary N) is 2. The first kappa shape index (κ1) is 14.5. The molecule has 2 N–H and O–H groups in total. The Balaban J connectivity index is 1.58. The van der Waals surface area contributed by atoms with Crippen LogP contribution in [0.2, 0.25) is 0 Å². The summed E-state index contributed by atoms with van der Waals surface area (Å²) >= 11 is 0. The summed E-state index contributed by atoms with van der Waals surface area (Å²) in [7, 11) is 0. The van der Waals surface area contributed by atoms with Crippen LogP contribution in [-0.4, -0.2) is 42.5 Å². The molecule has 0 aliphatic carbocycles. The Morgan fingerprint density at radius 1 is 1.38 bits per heavy atom. The molecule has 1 saturated heterocycles. The summed E-state index contributed by atoms with van der Waals surface area (Å²) in [6, 6.07) is 8.80. The third-order valence-electron chi connectivity index (χ3n) is 4.73. The number of nitrogens with zero attached hydrogens (tertiary/aromatic N) is 1. The van der Waals surface area contributed by atoms with E-state index in [9.17, 15) is 4.79 Å². The lowest BCUT2D eigenvalue weighted by atomic mass is 9.98. The first-order chi connectivity index (χ1) is 10.2. The van der Waals surface area contributed by atoms with Crippen LogP contribution in [0.5, 0.6) is 0 Å². The fraction of sp³-hybridized carbons (Fsp3) is 0.588. The summed E-state index contributed by atoms with van der Waals surface area (Å²) in [5, 5.41) is 6.54. The van der Waals surface area contributed by atoms with E-state index < -0.39 is 0 Å². The Labute approximate surface area is 126 Å². The lowest BCUT2D eigenvalue weighted by Gasteiger charge is -2.34. The van der Waals surface area contributed by atoms with Crippen LogP contribution in [0.1, 0.15) is 30.9 Å². The summed E-state index contributed by atoms with van der Waals surface area (Å²) < 4.78 is 0. The molecule has 2 heterocycles. The Morgan fingerprint density at radius 3 is 2.95 bits per heavy atom. The molecule has 0 aromatic heterocycles. The molecule has 0 spiro atoms. The summed E-state index contributed by atoms with van der Waals surface area (Å²) in [5.41, 5.74) is 2.79. The van der Waals surface area contributed by atoms with Gasteiger partial charge in [0, 0.05) is 25.7 Å². The molecular weight excluding hydrogens is 262 g/mol. The van der Waals surface area contributed by atoms with Crippen molar-refractivity contribution in [3.05, 3.63) is 35.4 Å². The van der Waals surface area contributed by atoms with Crippen molar-refractivity contribution in [2.24, 2.45) is 0 Å². The van der Waals surface area contributed by atoms with Gasteiger partial charge in [0.2, 0.25) is 5.91 Å². The molecular formula is C17H25N3O. The topological polar surface area (TPSA) is 44.4 Å². The summed E-state index contributed by atoms with van der Waals surface area (Å²) in [5.74, 6) is 0.170. The van der Waals surface area contributed by atoms with Gasteiger partial charge in [-0.15, -0.1) is 0 Å². The van der Waals surface area contributed by atoms with E-state index in [0.717, 1.165) is 45.4 Å². The minimum absolute atomic E-state index is 0.0553. The maximum atomic E-state index is 12.4. The van der Waals surface area contributed by atoms with Gasteiger partial charge in [0.25, 0.3) is 0 Å². The fourth-order valence-electron chi connectivity index (χ4n) is 3.31. The number of carbonyl (C=O) groups is 1. The largest absolute Gasteiger partial charge is 0.351 e. The molecule has 4 heteroatoms. The quantitative estimate of drug-likeness (QED) is 0.881. The lowest BCUT2D eigenvalue weighted by molar-refractivity contribution is -0.127. The van der Waals surface area contributed by atoms with Crippen LogP contribution in [0.15, 0.2) is 24.3 Å². The highest BCUT2D eigenvalue weighted by Gasteiger charge is 2.26. The van der Waals surface area contributed by atoms with E-state index in [2.05, 4.69) is 39.8 Å². The van der Waals surface area contributed by atoms with Crippen LogP contribution in [0, 0.1) is 0 Å². The number of hydrogen-bond donors (Lipinski definition) is 2. The van der Waals surface area contributed by atoms with E-state index in [0.29, 0.717) is 6.04 Å². The van der Waals surface area contributed by atoms with Crippen molar-refractivity contribution in [3.63, 3.8) is 0 Å². The Morgan fingerprint density at radius 2 is 2.19 bits per heavy atom. The maximum Gasteiger partial charge on any atom is 0.237 e. The summed E-state index contributed by atoms with van der Waals surface area (Å²) in [4.78, 5) is 14.7. The Hall–Kier alpha value is -1.39. The molecule has 2 atom stereocenters. The Bertz CT molecular complexity index is 497. The van der Waals surface area contributed by atoms with Gasteiger partial charge in [0.1, 0.15) is 0 Å². The average molecular weight is 287 g/mol. The molecule has 0 saturated carbocycles. The molecule has 114 valence electrons. The van der Waals surface area contributed by atoms with Gasteiger partial charge in [-0.2, -0.15) is 0 Å². The molecule has 1 unspecified atom stereocenters. The highest BCUT2D eigenvalue weighted by atomic mass is 16.2. The van der Waals surface area contributed by atoms with Crippen molar-refractivity contribution in [2.45, 2.75) is 44.8 Å². The molecule has 3 rings (SSSR count). The predicted octanol–water partition coefficient (Wildman–Crippen LogP) is 1.30. The van der Waals surface area contributed by atoms with Crippen LogP contribution < -0.4 is 10.6 Å². The van der Waals surface area contributed by atoms with Crippen LogP contribution in [0.4, 0.5) is 0 Å². The van der Waals surface area contributed by atoms with E-state index in [4.69, 9.17) is 0 Å². The second-order valence-corrected chi connectivity index (χ2v) is 6.22. The van der Waals surface area contributed by atoms with E-state index in [1.165, 1.54) is 11.1 Å². The average Bonchev–Trinajstić information content (AvgIpc) is 2.54. The predicted molar refractivity (Wildman–Crippen MR) is 84.1 cm³/mol. The molecule has 1 amide bonds. The number of rotatable bonds is 3. The molecule has 2 aliphatic heterocycles. The number of fused-ring (bicyclic) bond motifs is 1. The zero-order chi connectivity index (χ0) is 14.7. The van der Waals surface area contributed by atoms with Crippen molar-refractivity contribution >= 4 is 5.91 Å². The van der Waals surface area contributed by atoms with E-state index >= 15 is 0 Å². The van der Waals surface area contributed by atoms with E-state index in [1.54, 1.807) is 0 Å². The number of benzene rings is 1. The van der Waals surface area contributed by atoms with Gasteiger partial charge in [-0.05, 0) is 43.9 Å². The second-order valence-electron chi connectivity index (χ2n) is 6.22.